The van der Waals surface area contributed by atoms with Crippen LogP contribution in [-0.2, 0) is 14.2 Å². The maximum atomic E-state index is 9.57. The zero-order valence-corrected chi connectivity index (χ0v) is 15.3. The summed E-state index contributed by atoms with van der Waals surface area (Å²) in [6, 6.07) is 0. The molecule has 26 heavy (non-hydrogen) atoms. The van der Waals surface area contributed by atoms with Crippen molar-refractivity contribution >= 4 is 45.9 Å². The van der Waals surface area contributed by atoms with Gasteiger partial charge in [-0.2, -0.15) is 9.97 Å². The van der Waals surface area contributed by atoms with Crippen molar-refractivity contribution in [3.63, 3.8) is 0 Å². The molecular weight excluding hydrogens is 387 g/mol. The third-order valence-corrected chi connectivity index (χ3v) is 4.46. The summed E-state index contributed by atoms with van der Waals surface area (Å²) in [5, 5.41) is 12.5. The summed E-state index contributed by atoms with van der Waals surface area (Å²) in [6.07, 6.45) is -2.12. The molecule has 0 radical (unpaired) electrons. The summed E-state index contributed by atoms with van der Waals surface area (Å²) in [5.74, 6) is -0.465. The van der Waals surface area contributed by atoms with Gasteiger partial charge in [0.1, 0.15) is 29.3 Å². The second-order valence-electron chi connectivity index (χ2n) is 6.40. The number of aliphatic hydroxyl groups is 1. The number of nitrogens with two attached hydrogens (primary N) is 1. The first-order chi connectivity index (χ1) is 12.3. The van der Waals surface area contributed by atoms with Crippen LogP contribution in [0.5, 0.6) is 0 Å². The molecule has 4 N–H and O–H groups in total. The number of nitrogens with one attached hydrogen (secondary N) is 1. The number of ether oxygens (including phenoxy) is 3. The smallest absolute Gasteiger partial charge is 0.225 e. The first kappa shape index (κ1) is 17.8. The van der Waals surface area contributed by atoms with Crippen LogP contribution in [0.4, 0.5) is 11.6 Å². The van der Waals surface area contributed by atoms with Crippen molar-refractivity contribution in [2.24, 2.45) is 0 Å². The van der Waals surface area contributed by atoms with Crippen LogP contribution < -0.4 is 11.1 Å². The van der Waals surface area contributed by atoms with Crippen molar-refractivity contribution in [1.29, 1.82) is 0 Å². The minimum absolute atomic E-state index is 0.0465. The highest BCUT2D eigenvalue weighted by atomic mass is 35.5. The summed E-state index contributed by atoms with van der Waals surface area (Å²) in [7, 11) is 0. The molecule has 2 fully saturated rings. The van der Waals surface area contributed by atoms with Gasteiger partial charge in [-0.15, -0.1) is 0 Å². The summed E-state index contributed by atoms with van der Waals surface area (Å²) >= 11 is 11.9. The SMILES string of the molecule is CC1(C)O[C@@H]2[C@H](O1)[C@@H](CO)O[C@H]2Nc1nc(Cl)nc2c(N)nc(Cl)nc12. The van der Waals surface area contributed by atoms with E-state index in [9.17, 15) is 5.11 Å². The molecular formula is C14H16Cl2N6O4. The van der Waals surface area contributed by atoms with Gasteiger partial charge in [0.25, 0.3) is 0 Å². The van der Waals surface area contributed by atoms with Crippen LogP contribution in [0.2, 0.25) is 10.6 Å². The summed E-state index contributed by atoms with van der Waals surface area (Å²) in [5.41, 5.74) is 6.39. The second-order valence-corrected chi connectivity index (χ2v) is 7.08. The first-order valence-corrected chi connectivity index (χ1v) is 8.58. The lowest BCUT2D eigenvalue weighted by Crippen LogP contribution is -2.35. The second kappa shape index (κ2) is 6.25. The number of nitrogen functional groups attached to an aromatic ring is 1. The summed E-state index contributed by atoms with van der Waals surface area (Å²) < 4.78 is 17.5. The molecule has 0 spiro atoms. The molecule has 0 saturated carbocycles. The van der Waals surface area contributed by atoms with E-state index in [0.29, 0.717) is 0 Å². The fourth-order valence-corrected chi connectivity index (χ4v) is 3.51. The molecule has 10 nitrogen and oxygen atoms in total. The van der Waals surface area contributed by atoms with Crippen molar-refractivity contribution in [2.75, 3.05) is 17.7 Å². The van der Waals surface area contributed by atoms with E-state index in [4.69, 9.17) is 43.1 Å². The lowest BCUT2D eigenvalue weighted by molar-refractivity contribution is -0.187. The lowest BCUT2D eigenvalue weighted by Gasteiger charge is -2.24. The fourth-order valence-electron chi connectivity index (χ4n) is 3.16. The normalized spacial score (nSPS) is 29.9. The molecule has 0 bridgehead atoms. The Morgan fingerprint density at radius 1 is 1.08 bits per heavy atom. The Hall–Kier alpha value is -1.56. The van der Waals surface area contributed by atoms with E-state index >= 15 is 0 Å². The average Bonchev–Trinajstić information content (AvgIpc) is 3.02. The Bertz CT molecular complexity index is 869. The predicted molar refractivity (Wildman–Crippen MR) is 92.8 cm³/mol. The minimum Gasteiger partial charge on any atom is -0.394 e. The van der Waals surface area contributed by atoms with Crippen molar-refractivity contribution in [1.82, 2.24) is 19.9 Å². The Morgan fingerprint density at radius 2 is 1.73 bits per heavy atom. The Morgan fingerprint density at radius 3 is 2.46 bits per heavy atom. The predicted octanol–water partition coefficient (Wildman–Crippen LogP) is 0.958. The molecule has 0 unspecified atom stereocenters. The highest BCUT2D eigenvalue weighted by Gasteiger charge is 2.55. The number of fused-ring (bicyclic) bond motifs is 2. The highest BCUT2D eigenvalue weighted by molar-refractivity contribution is 6.29. The monoisotopic (exact) mass is 402 g/mol. The summed E-state index contributed by atoms with van der Waals surface area (Å²) in [6.45, 7) is 3.37. The molecule has 12 heteroatoms. The topological polar surface area (TPSA) is 138 Å². The number of aromatic nitrogens is 4. The van der Waals surface area contributed by atoms with Crippen LogP contribution >= 0.6 is 23.2 Å². The molecule has 2 aromatic heterocycles. The minimum atomic E-state index is -0.798. The lowest BCUT2D eigenvalue weighted by atomic mass is 10.1. The van der Waals surface area contributed by atoms with Crippen LogP contribution in [0.25, 0.3) is 11.0 Å². The van der Waals surface area contributed by atoms with Crippen LogP contribution in [0.15, 0.2) is 0 Å². The number of nitrogens with zero attached hydrogens (tertiary/aromatic N) is 4. The van der Waals surface area contributed by atoms with E-state index in [1.165, 1.54) is 0 Å². The zero-order valence-electron chi connectivity index (χ0n) is 13.8. The number of rotatable bonds is 3. The molecule has 2 aromatic rings. The maximum absolute atomic E-state index is 9.57. The van der Waals surface area contributed by atoms with Gasteiger partial charge in [0, 0.05) is 0 Å². The van der Waals surface area contributed by atoms with Crippen molar-refractivity contribution in [2.45, 2.75) is 44.2 Å². The van der Waals surface area contributed by atoms with Gasteiger partial charge < -0.3 is 30.4 Å². The molecule has 2 aliphatic heterocycles. The largest absolute Gasteiger partial charge is 0.394 e. The van der Waals surface area contributed by atoms with E-state index < -0.39 is 30.3 Å². The maximum Gasteiger partial charge on any atom is 0.225 e. The van der Waals surface area contributed by atoms with Gasteiger partial charge >= 0.3 is 0 Å². The zero-order chi connectivity index (χ0) is 18.6. The third kappa shape index (κ3) is 3.02. The molecule has 140 valence electrons. The van der Waals surface area contributed by atoms with Gasteiger partial charge in [0.15, 0.2) is 23.7 Å². The Balaban J connectivity index is 1.71. The Labute approximate surface area is 158 Å². The van der Waals surface area contributed by atoms with Gasteiger partial charge in [-0.05, 0) is 37.0 Å². The van der Waals surface area contributed by atoms with Gasteiger partial charge in [-0.1, -0.05) is 0 Å². The van der Waals surface area contributed by atoms with Crippen LogP contribution in [0.3, 0.4) is 0 Å². The molecule has 0 aromatic carbocycles. The fraction of sp³-hybridized carbons (Fsp3) is 0.571. The standard InChI is InChI=1S/C14H16Cl2N6O4/c1-14(2)25-7-4(3-23)24-11(8(7)26-14)21-10-6-5(18-13(16)22-10)9(17)20-12(15)19-6/h4,7-8,11,23H,3H2,1-2H3,(H2,17,19,20)(H,18,21,22)/t4-,7-,8-,11-/m1/s1. The molecule has 4 rings (SSSR count). The molecule has 0 amide bonds. The number of anilines is 2. The van der Waals surface area contributed by atoms with Crippen molar-refractivity contribution in [3.8, 4) is 0 Å². The quantitative estimate of drug-likeness (QED) is 0.636. The van der Waals surface area contributed by atoms with Crippen LogP contribution in [-0.4, -0.2) is 62.0 Å². The van der Waals surface area contributed by atoms with Crippen LogP contribution in [0.1, 0.15) is 13.8 Å². The van der Waals surface area contributed by atoms with Gasteiger partial charge in [-0.25, -0.2) is 9.97 Å². The van der Waals surface area contributed by atoms with E-state index in [1.54, 1.807) is 13.8 Å². The number of hydrogen-bond acceptors (Lipinski definition) is 10. The molecule has 0 aliphatic carbocycles. The van der Waals surface area contributed by atoms with Crippen molar-refractivity contribution < 1.29 is 19.3 Å². The average molecular weight is 403 g/mol. The number of halogens is 2. The molecule has 4 atom stereocenters. The van der Waals surface area contributed by atoms with E-state index in [0.717, 1.165) is 0 Å². The van der Waals surface area contributed by atoms with Gasteiger partial charge in [0.05, 0.1) is 6.61 Å². The van der Waals surface area contributed by atoms with Gasteiger partial charge in [0.2, 0.25) is 10.6 Å². The van der Waals surface area contributed by atoms with Crippen molar-refractivity contribution in [3.05, 3.63) is 10.6 Å². The summed E-state index contributed by atoms with van der Waals surface area (Å²) in [4.78, 5) is 16.2. The third-order valence-electron chi connectivity index (χ3n) is 4.12. The Kier molecular flexibility index (Phi) is 4.29. The van der Waals surface area contributed by atoms with E-state index in [-0.39, 0.29) is 39.8 Å². The number of aliphatic hydroxyl groups excluding tert-OH is 1. The van der Waals surface area contributed by atoms with Gasteiger partial charge in [-0.3, -0.25) is 0 Å². The van der Waals surface area contributed by atoms with E-state index in [2.05, 4.69) is 25.3 Å². The molecule has 2 aliphatic rings. The van der Waals surface area contributed by atoms with E-state index in [1.807, 2.05) is 0 Å². The first-order valence-electron chi connectivity index (χ1n) is 7.82. The molecule has 4 heterocycles. The molecule has 2 saturated heterocycles. The highest BCUT2D eigenvalue weighted by Crippen LogP contribution is 2.39. The van der Waals surface area contributed by atoms with Crippen LogP contribution in [0, 0.1) is 0 Å². The number of hydrogen-bond donors (Lipinski definition) is 3.